The summed E-state index contributed by atoms with van der Waals surface area (Å²) in [5, 5.41) is 30.8. The first-order chi connectivity index (χ1) is 9.60. The number of aliphatic hydroxyl groups is 3. The molecule has 1 aliphatic heterocycles. The lowest BCUT2D eigenvalue weighted by Crippen LogP contribution is -2.33. The fourth-order valence-corrected chi connectivity index (χ4v) is 3.05. The van der Waals surface area contributed by atoms with Crippen LogP contribution in [0, 0.1) is 4.64 Å². The monoisotopic (exact) mass is 315 g/mol. The van der Waals surface area contributed by atoms with Gasteiger partial charge >= 0.3 is 0 Å². The fraction of sp³-hybridized carbons (Fsp3) is 0.462. The second-order valence-corrected chi connectivity index (χ2v) is 5.74. The molecule has 0 amide bonds. The van der Waals surface area contributed by atoms with Crippen molar-refractivity contribution in [2.45, 2.75) is 36.4 Å². The van der Waals surface area contributed by atoms with Crippen molar-refractivity contribution in [3.8, 4) is 0 Å². The molecule has 5 nitrogen and oxygen atoms in total. The smallest absolute Gasteiger partial charge is 0.164 e. The molecule has 1 aromatic rings. The van der Waals surface area contributed by atoms with Crippen molar-refractivity contribution in [1.29, 1.82) is 0 Å². The summed E-state index contributed by atoms with van der Waals surface area (Å²) in [5.74, 6) is 0. The van der Waals surface area contributed by atoms with Gasteiger partial charge < -0.3 is 24.6 Å². The largest absolute Gasteiger partial charge is 0.394 e. The molecule has 0 saturated carbocycles. The van der Waals surface area contributed by atoms with Gasteiger partial charge in [-0.05, 0) is 24.5 Å². The number of nitrogens with zero attached hydrogens (tertiary/aromatic N) is 1. The quantitative estimate of drug-likeness (QED) is 0.577. The summed E-state index contributed by atoms with van der Waals surface area (Å²) in [4.78, 5) is 0.860. The maximum absolute atomic E-state index is 10.0. The van der Waals surface area contributed by atoms with E-state index in [1.165, 1.54) is 11.8 Å². The average molecular weight is 315 g/mol. The first-order valence-electron chi connectivity index (χ1n) is 6.21. The SMILES string of the molecule is C/C=C\Sc1cccn(C2OC(CO)C(O)C2O)c1=S. The van der Waals surface area contributed by atoms with Crippen LogP contribution in [-0.2, 0) is 4.74 Å². The standard InChI is InChI=1S/C13H17NO4S2/c1-2-6-20-9-4-3-5-14(13(9)19)12-11(17)10(16)8(7-15)18-12/h2-6,8,10-12,15-17H,7H2,1H3/b6-2-. The summed E-state index contributed by atoms with van der Waals surface area (Å²) in [7, 11) is 0. The van der Waals surface area contributed by atoms with E-state index in [0.29, 0.717) is 4.64 Å². The first-order valence-corrected chi connectivity index (χ1v) is 7.50. The van der Waals surface area contributed by atoms with Crippen molar-refractivity contribution in [2.24, 2.45) is 0 Å². The predicted octanol–water partition coefficient (Wildman–Crippen LogP) is 1.45. The van der Waals surface area contributed by atoms with Gasteiger partial charge in [0.25, 0.3) is 0 Å². The van der Waals surface area contributed by atoms with Crippen LogP contribution in [0.25, 0.3) is 0 Å². The summed E-state index contributed by atoms with van der Waals surface area (Å²) < 4.78 is 7.60. The third kappa shape index (κ3) is 2.98. The molecule has 1 fully saturated rings. The minimum Gasteiger partial charge on any atom is -0.394 e. The minimum atomic E-state index is -1.13. The summed E-state index contributed by atoms with van der Waals surface area (Å²) in [6.07, 6.45) is -0.241. The van der Waals surface area contributed by atoms with E-state index in [9.17, 15) is 10.2 Å². The molecule has 0 bridgehead atoms. The molecule has 1 aromatic heterocycles. The van der Waals surface area contributed by atoms with Gasteiger partial charge in [0.2, 0.25) is 0 Å². The Balaban J connectivity index is 2.32. The van der Waals surface area contributed by atoms with Crippen molar-refractivity contribution in [3.63, 3.8) is 0 Å². The third-order valence-corrected chi connectivity index (χ3v) is 4.61. The topological polar surface area (TPSA) is 74.9 Å². The van der Waals surface area contributed by atoms with Crippen molar-refractivity contribution in [1.82, 2.24) is 4.57 Å². The molecule has 2 heterocycles. The van der Waals surface area contributed by atoms with Crippen LogP contribution in [0.3, 0.4) is 0 Å². The molecule has 1 aliphatic rings. The van der Waals surface area contributed by atoms with Crippen LogP contribution in [0.5, 0.6) is 0 Å². The minimum absolute atomic E-state index is 0.352. The van der Waals surface area contributed by atoms with Crippen molar-refractivity contribution in [2.75, 3.05) is 6.61 Å². The van der Waals surface area contributed by atoms with Gasteiger partial charge in [0.05, 0.1) is 6.61 Å². The van der Waals surface area contributed by atoms with Crippen LogP contribution in [0.1, 0.15) is 13.2 Å². The molecule has 0 spiro atoms. The Morgan fingerprint density at radius 3 is 2.80 bits per heavy atom. The van der Waals surface area contributed by atoms with Gasteiger partial charge in [0, 0.05) is 11.1 Å². The first kappa shape index (κ1) is 15.7. The van der Waals surface area contributed by atoms with Gasteiger partial charge in [-0.25, -0.2) is 0 Å². The molecule has 1 saturated heterocycles. The Bertz CT molecular complexity index is 545. The van der Waals surface area contributed by atoms with Gasteiger partial charge in [-0.2, -0.15) is 0 Å². The number of thioether (sulfide) groups is 1. The van der Waals surface area contributed by atoms with Gasteiger partial charge in [0.15, 0.2) is 6.23 Å². The number of aliphatic hydroxyl groups excluding tert-OH is 3. The Morgan fingerprint density at radius 2 is 2.20 bits per heavy atom. The molecule has 3 N–H and O–H groups in total. The van der Waals surface area contributed by atoms with E-state index in [-0.39, 0.29) is 6.61 Å². The molecule has 2 rings (SSSR count). The van der Waals surface area contributed by atoms with Gasteiger partial charge in [-0.1, -0.05) is 30.1 Å². The van der Waals surface area contributed by atoms with Crippen molar-refractivity contribution >= 4 is 24.0 Å². The van der Waals surface area contributed by atoms with E-state index in [4.69, 9.17) is 22.1 Å². The lowest BCUT2D eigenvalue weighted by molar-refractivity contribution is -0.0538. The van der Waals surface area contributed by atoms with E-state index in [1.54, 1.807) is 16.8 Å². The fourth-order valence-electron chi connectivity index (χ4n) is 2.03. The lowest BCUT2D eigenvalue weighted by Gasteiger charge is -2.19. The van der Waals surface area contributed by atoms with Crippen LogP contribution in [0.2, 0.25) is 0 Å². The highest BCUT2D eigenvalue weighted by Crippen LogP contribution is 2.31. The molecule has 110 valence electrons. The number of rotatable bonds is 4. The van der Waals surface area contributed by atoms with Crippen LogP contribution in [0.15, 0.2) is 34.7 Å². The van der Waals surface area contributed by atoms with Crippen molar-refractivity contribution < 1.29 is 20.1 Å². The van der Waals surface area contributed by atoms with Crippen LogP contribution in [0.4, 0.5) is 0 Å². The number of hydrogen-bond acceptors (Lipinski definition) is 6. The maximum atomic E-state index is 10.0. The second-order valence-electron chi connectivity index (χ2n) is 4.40. The highest BCUT2D eigenvalue weighted by atomic mass is 32.2. The van der Waals surface area contributed by atoms with E-state index >= 15 is 0 Å². The molecule has 4 atom stereocenters. The number of hydrogen-bond donors (Lipinski definition) is 3. The predicted molar refractivity (Wildman–Crippen MR) is 78.9 cm³/mol. The molecular formula is C13H17NO4S2. The Labute approximate surface area is 126 Å². The molecule has 0 radical (unpaired) electrons. The summed E-state index contributed by atoms with van der Waals surface area (Å²) in [5.41, 5.74) is 0. The normalized spacial score (nSPS) is 30.2. The molecule has 7 heteroatoms. The number of allylic oxidation sites excluding steroid dienone is 1. The molecule has 0 aliphatic carbocycles. The van der Waals surface area contributed by atoms with E-state index in [2.05, 4.69) is 0 Å². The van der Waals surface area contributed by atoms with Crippen LogP contribution < -0.4 is 0 Å². The zero-order chi connectivity index (χ0) is 14.7. The molecule has 0 aromatic carbocycles. The van der Waals surface area contributed by atoms with E-state index in [0.717, 1.165) is 4.90 Å². The van der Waals surface area contributed by atoms with Crippen molar-refractivity contribution in [3.05, 3.63) is 34.5 Å². The zero-order valence-corrected chi connectivity index (χ0v) is 12.5. The molecular weight excluding hydrogens is 298 g/mol. The van der Waals surface area contributed by atoms with Crippen LogP contribution in [-0.4, -0.2) is 44.8 Å². The lowest BCUT2D eigenvalue weighted by atomic mass is 10.1. The number of aromatic nitrogens is 1. The Hall–Kier alpha value is -0.700. The van der Waals surface area contributed by atoms with E-state index < -0.39 is 24.5 Å². The van der Waals surface area contributed by atoms with Gasteiger partial charge in [-0.3, -0.25) is 0 Å². The Morgan fingerprint density at radius 1 is 1.45 bits per heavy atom. The van der Waals surface area contributed by atoms with Gasteiger partial charge in [-0.15, -0.1) is 0 Å². The summed E-state index contributed by atoms with van der Waals surface area (Å²) in [6.45, 7) is 1.56. The summed E-state index contributed by atoms with van der Waals surface area (Å²) in [6, 6.07) is 3.68. The number of pyridine rings is 1. The Kier molecular flexibility index (Phi) is 5.36. The molecule has 20 heavy (non-hydrogen) atoms. The highest BCUT2D eigenvalue weighted by molar-refractivity contribution is 8.02. The van der Waals surface area contributed by atoms with Crippen LogP contribution >= 0.6 is 24.0 Å². The van der Waals surface area contributed by atoms with E-state index in [1.807, 2.05) is 24.5 Å². The molecule has 4 unspecified atom stereocenters. The average Bonchev–Trinajstić information content (AvgIpc) is 2.74. The second kappa shape index (κ2) is 6.84. The third-order valence-electron chi connectivity index (χ3n) is 3.06. The zero-order valence-electron chi connectivity index (χ0n) is 10.9. The summed E-state index contributed by atoms with van der Waals surface area (Å²) >= 11 is 6.86. The maximum Gasteiger partial charge on any atom is 0.164 e. The van der Waals surface area contributed by atoms with Gasteiger partial charge in [0.1, 0.15) is 23.0 Å². The highest BCUT2D eigenvalue weighted by Gasteiger charge is 2.43. The number of ether oxygens (including phenoxy) is 1.